The van der Waals surface area contributed by atoms with Gasteiger partial charge in [-0.05, 0) is 70.7 Å². The molecule has 0 saturated heterocycles. The van der Waals surface area contributed by atoms with Gasteiger partial charge in [-0.25, -0.2) is 23.4 Å². The van der Waals surface area contributed by atoms with Crippen LogP contribution in [0.3, 0.4) is 0 Å². The number of benzene rings is 4. The van der Waals surface area contributed by atoms with E-state index in [9.17, 15) is 28.7 Å². The fraction of sp³-hybridized carbons (Fsp3) is 0.340. The highest BCUT2D eigenvalue weighted by Crippen LogP contribution is 2.45. The van der Waals surface area contributed by atoms with E-state index >= 15 is 4.39 Å². The van der Waals surface area contributed by atoms with Gasteiger partial charge in [-0.15, -0.1) is 0 Å². The summed E-state index contributed by atoms with van der Waals surface area (Å²) in [5, 5.41) is 12.8. The molecule has 1 heterocycles. The smallest absolute Gasteiger partial charge is 0.410 e. The number of amides is 5. The van der Waals surface area contributed by atoms with E-state index in [-0.39, 0.29) is 69.2 Å². The maximum Gasteiger partial charge on any atom is 0.410 e. The Morgan fingerprint density at radius 1 is 0.855 bits per heavy atom. The third kappa shape index (κ3) is 10.5. The van der Waals surface area contributed by atoms with Crippen LogP contribution in [-0.4, -0.2) is 87.3 Å². The lowest BCUT2D eigenvalue weighted by Crippen LogP contribution is -2.50. The van der Waals surface area contributed by atoms with E-state index < -0.39 is 59.7 Å². The van der Waals surface area contributed by atoms with E-state index in [4.69, 9.17) is 21.2 Å². The van der Waals surface area contributed by atoms with E-state index in [2.05, 4.69) is 5.32 Å². The molecule has 5 aromatic rings. The Morgan fingerprint density at radius 3 is 2.10 bits per heavy atom. The minimum absolute atomic E-state index is 0.0301. The molecule has 2 atom stereocenters. The summed E-state index contributed by atoms with van der Waals surface area (Å²) in [6.07, 6.45) is 1.23. The van der Waals surface area contributed by atoms with Gasteiger partial charge in [0, 0.05) is 43.9 Å². The van der Waals surface area contributed by atoms with Gasteiger partial charge in [-0.1, -0.05) is 99.6 Å². The molecule has 6 N–H and O–H groups in total. The summed E-state index contributed by atoms with van der Waals surface area (Å²) in [5.74, 6) is -2.68. The van der Waals surface area contributed by atoms with Crippen LogP contribution >= 0.6 is 0 Å². The van der Waals surface area contributed by atoms with Crippen molar-refractivity contribution in [3.05, 3.63) is 137 Å². The maximum atomic E-state index is 15.2. The number of rotatable bonds is 18. The van der Waals surface area contributed by atoms with Crippen molar-refractivity contribution in [3.8, 4) is 22.4 Å². The largest absolute Gasteiger partial charge is 0.448 e. The van der Waals surface area contributed by atoms with Crippen LogP contribution in [0, 0.1) is 17.0 Å². The van der Waals surface area contributed by atoms with Crippen molar-refractivity contribution in [1.29, 1.82) is 0 Å². The average molecular weight is 850 g/mol. The zero-order valence-electron chi connectivity index (χ0n) is 35.1. The van der Waals surface area contributed by atoms with Gasteiger partial charge < -0.3 is 36.1 Å². The highest BCUT2D eigenvalue weighted by Gasteiger charge is 2.39. The Morgan fingerprint density at radius 2 is 1.48 bits per heavy atom. The zero-order chi connectivity index (χ0) is 44.6. The number of urea groups is 1. The lowest BCUT2D eigenvalue weighted by Gasteiger charge is -2.40. The number of fused-ring (bicyclic) bond motifs is 3. The number of primary amides is 2. The predicted molar refractivity (Wildman–Crippen MR) is 230 cm³/mol. The number of hydrogen-bond acceptors (Lipinski definition) is 7. The fourth-order valence-electron chi connectivity index (χ4n) is 8.28. The molecule has 0 radical (unpaired) electrons. The van der Waals surface area contributed by atoms with E-state index in [1.165, 1.54) is 9.80 Å². The van der Waals surface area contributed by atoms with Crippen LogP contribution in [0.2, 0.25) is 0 Å². The second-order valence-electron chi connectivity index (χ2n) is 16.4. The molecule has 0 saturated carbocycles. The second-order valence-corrected chi connectivity index (χ2v) is 16.4. The number of carbonyl (C=O) groups excluding carboxylic acids is 4. The number of ether oxygens (including phenoxy) is 1. The number of aliphatic hydroxyl groups excluding tert-OH is 1. The third-order valence-electron chi connectivity index (χ3n) is 11.1. The maximum absolute atomic E-state index is 15.2. The fourth-order valence-corrected chi connectivity index (χ4v) is 8.28. The van der Waals surface area contributed by atoms with Crippen molar-refractivity contribution in [2.24, 2.45) is 16.9 Å². The molecule has 0 spiro atoms. The minimum Gasteiger partial charge on any atom is -0.448 e. The molecule has 62 heavy (non-hydrogen) atoms. The van der Waals surface area contributed by atoms with Crippen molar-refractivity contribution in [2.45, 2.75) is 64.6 Å². The van der Waals surface area contributed by atoms with Gasteiger partial charge in [-0.2, -0.15) is 0 Å². The van der Waals surface area contributed by atoms with Crippen LogP contribution < -0.4 is 16.8 Å². The Kier molecular flexibility index (Phi) is 14.4. The van der Waals surface area contributed by atoms with Crippen LogP contribution in [0.15, 0.2) is 103 Å². The first-order chi connectivity index (χ1) is 29.7. The summed E-state index contributed by atoms with van der Waals surface area (Å²) in [6.45, 7) is 5.06. The number of halogens is 2. The standard InChI is InChI=1S/C47H53F2N7O6/c1-47(2,3)42(44-53-39(36-25-31(48)20-21-38(36)49)27-54(44)26-30-13-5-4-6-14-30)56(41(58)28-57)24-12-23-55(40(43(50)59)19-11-22-52-45(51)60)46(61)62-29-37-34-17-9-7-15-32(34)33-16-8-10-18-35(33)37/h4-10,13-18,20-21,25,27,37,40,42,57H,11-12,19,22-24,26,28-29H2,1-3H3,(H2,50,59)(H3,51,52,60)/t40-,42-/m0/s1. The number of nitrogens with zero attached hydrogens (tertiary/aromatic N) is 4. The van der Waals surface area contributed by atoms with Crippen LogP contribution in [0.25, 0.3) is 22.4 Å². The SMILES string of the molecule is CC(C)(C)[C@H](c1nc(-c2cc(F)ccc2F)cn1Cc1ccccc1)N(CCCN(C(=O)OCC1c2ccccc2-c2ccccc21)[C@@H](CCCNC(N)=O)C(N)=O)C(=O)CO. The van der Waals surface area contributed by atoms with Crippen LogP contribution in [0.5, 0.6) is 0 Å². The van der Waals surface area contributed by atoms with Crippen LogP contribution in [-0.2, 0) is 20.9 Å². The minimum atomic E-state index is -1.16. The van der Waals surface area contributed by atoms with Gasteiger partial charge >= 0.3 is 12.1 Å². The number of imidazole rings is 1. The number of nitrogens with two attached hydrogens (primary N) is 2. The normalized spacial score (nSPS) is 13.1. The number of carbonyl (C=O) groups is 4. The van der Waals surface area contributed by atoms with Gasteiger partial charge in [0.1, 0.15) is 36.7 Å². The first kappa shape index (κ1) is 44.9. The summed E-state index contributed by atoms with van der Waals surface area (Å²) in [7, 11) is 0. The van der Waals surface area contributed by atoms with E-state index in [0.29, 0.717) is 5.82 Å². The van der Waals surface area contributed by atoms with Gasteiger partial charge in [-0.3, -0.25) is 14.5 Å². The quantitative estimate of drug-likeness (QED) is 0.0705. The molecule has 5 amide bonds. The highest BCUT2D eigenvalue weighted by atomic mass is 19.1. The van der Waals surface area contributed by atoms with Gasteiger partial charge in [0.15, 0.2) is 0 Å². The lowest BCUT2D eigenvalue weighted by atomic mass is 9.84. The topological polar surface area (TPSA) is 186 Å². The first-order valence-corrected chi connectivity index (χ1v) is 20.6. The van der Waals surface area contributed by atoms with Crippen LogP contribution in [0.4, 0.5) is 18.4 Å². The highest BCUT2D eigenvalue weighted by molar-refractivity contribution is 5.84. The van der Waals surface area contributed by atoms with Crippen LogP contribution in [0.1, 0.15) is 74.5 Å². The zero-order valence-corrected chi connectivity index (χ0v) is 35.1. The van der Waals surface area contributed by atoms with E-state index in [1.807, 2.05) is 99.6 Å². The van der Waals surface area contributed by atoms with Crippen molar-refractivity contribution in [3.63, 3.8) is 0 Å². The second kappa shape index (κ2) is 19.8. The molecule has 6 rings (SSSR count). The number of aliphatic hydroxyl groups is 1. The molecule has 0 aliphatic heterocycles. The molecule has 15 heteroatoms. The third-order valence-corrected chi connectivity index (χ3v) is 11.1. The molecule has 0 bridgehead atoms. The summed E-state index contributed by atoms with van der Waals surface area (Å²) >= 11 is 0. The van der Waals surface area contributed by atoms with Crippen molar-refractivity contribution >= 4 is 23.9 Å². The van der Waals surface area contributed by atoms with E-state index in [0.717, 1.165) is 46.0 Å². The number of nitrogens with one attached hydrogen (secondary N) is 1. The van der Waals surface area contributed by atoms with Gasteiger partial charge in [0.25, 0.3) is 0 Å². The summed E-state index contributed by atoms with van der Waals surface area (Å²) < 4.78 is 37.5. The predicted octanol–water partition coefficient (Wildman–Crippen LogP) is 6.73. The molecule has 1 aliphatic rings. The Labute approximate surface area is 359 Å². The Hall–Kier alpha value is -6.61. The first-order valence-electron chi connectivity index (χ1n) is 20.6. The molecular formula is C47H53F2N7O6. The van der Waals surface area contributed by atoms with Crippen molar-refractivity contribution < 1.29 is 37.8 Å². The van der Waals surface area contributed by atoms with Gasteiger partial charge in [0.2, 0.25) is 11.8 Å². The number of aromatic nitrogens is 2. The van der Waals surface area contributed by atoms with Gasteiger partial charge in [0.05, 0.1) is 11.7 Å². The molecule has 13 nitrogen and oxygen atoms in total. The Balaban J connectivity index is 1.31. The van der Waals surface area contributed by atoms with E-state index in [1.54, 1.807) is 10.8 Å². The summed E-state index contributed by atoms with van der Waals surface area (Å²) in [4.78, 5) is 60.1. The molecule has 1 aromatic heterocycles. The molecule has 326 valence electrons. The molecule has 0 unspecified atom stereocenters. The molecular weight excluding hydrogens is 797 g/mol. The average Bonchev–Trinajstić information content (AvgIpc) is 3.79. The summed E-state index contributed by atoms with van der Waals surface area (Å²) in [5.41, 5.74) is 15.5. The van der Waals surface area contributed by atoms with Crippen molar-refractivity contribution in [1.82, 2.24) is 24.7 Å². The number of hydrogen-bond donors (Lipinski definition) is 4. The Bertz CT molecular complexity index is 2340. The molecule has 1 aliphatic carbocycles. The molecule has 0 fully saturated rings. The lowest BCUT2D eigenvalue weighted by molar-refractivity contribution is -0.140. The molecule has 4 aromatic carbocycles. The summed E-state index contributed by atoms with van der Waals surface area (Å²) in [6, 6.07) is 25.6. The monoisotopic (exact) mass is 849 g/mol. The van der Waals surface area contributed by atoms with Crippen molar-refractivity contribution in [2.75, 3.05) is 32.8 Å².